The number of hydrogen-bond donors (Lipinski definition) is 0. The monoisotopic (exact) mass is 327 g/mol. The quantitative estimate of drug-likeness (QED) is 0.871. The lowest BCUT2D eigenvalue weighted by atomic mass is 9.99. The maximum Gasteiger partial charge on any atom is 0.243 e. The van der Waals surface area contributed by atoms with Crippen molar-refractivity contribution in [1.82, 2.24) is 4.31 Å². The van der Waals surface area contributed by atoms with Crippen LogP contribution in [0.2, 0.25) is 0 Å². The Kier molecular flexibility index (Phi) is 4.15. The Labute approximate surface area is 136 Å². The van der Waals surface area contributed by atoms with Gasteiger partial charge in [0.1, 0.15) is 0 Å². The number of carbonyl (C=O) groups excluding carboxylic acids is 1. The van der Waals surface area contributed by atoms with Crippen molar-refractivity contribution < 1.29 is 13.2 Å². The van der Waals surface area contributed by atoms with Crippen LogP contribution >= 0.6 is 0 Å². The van der Waals surface area contributed by atoms with Crippen LogP contribution in [0.4, 0.5) is 0 Å². The molecule has 0 N–H and O–H groups in total. The maximum atomic E-state index is 12.6. The van der Waals surface area contributed by atoms with Crippen molar-refractivity contribution in [2.45, 2.75) is 11.8 Å². The van der Waals surface area contributed by atoms with E-state index in [1.54, 1.807) is 30.3 Å². The van der Waals surface area contributed by atoms with E-state index in [0.717, 1.165) is 11.1 Å². The molecule has 0 spiro atoms. The van der Waals surface area contributed by atoms with Crippen LogP contribution in [0.1, 0.15) is 11.1 Å². The average molecular weight is 327 g/mol. The molecule has 4 nitrogen and oxygen atoms in total. The second-order valence-corrected chi connectivity index (χ2v) is 7.46. The lowest BCUT2D eigenvalue weighted by Crippen LogP contribution is -2.39. The molecule has 1 heterocycles. The summed E-state index contributed by atoms with van der Waals surface area (Å²) in [5.74, 6) is -0.182. The molecule has 0 aliphatic carbocycles. The summed E-state index contributed by atoms with van der Waals surface area (Å²) in [4.78, 5) is 12.6. The number of carbonyl (C=O) groups is 1. The van der Waals surface area contributed by atoms with Crippen LogP contribution in [0.25, 0.3) is 5.57 Å². The number of ketones is 1. The Balaban J connectivity index is 1.88. The first kappa shape index (κ1) is 15.6. The van der Waals surface area contributed by atoms with Crippen molar-refractivity contribution in [3.8, 4) is 0 Å². The van der Waals surface area contributed by atoms with Gasteiger partial charge in [-0.2, -0.15) is 4.31 Å². The van der Waals surface area contributed by atoms with Crippen molar-refractivity contribution in [1.29, 1.82) is 0 Å². The summed E-state index contributed by atoms with van der Waals surface area (Å²) in [6.45, 7) is 1.97. The van der Waals surface area contributed by atoms with Crippen molar-refractivity contribution in [2.75, 3.05) is 13.1 Å². The molecule has 0 saturated heterocycles. The number of nitrogens with zero attached hydrogens (tertiary/aromatic N) is 1. The fourth-order valence-electron chi connectivity index (χ4n) is 2.56. The molecule has 1 aliphatic rings. The molecule has 0 amide bonds. The molecule has 118 valence electrons. The summed E-state index contributed by atoms with van der Waals surface area (Å²) in [5, 5.41) is 0. The SMILES string of the molecule is Cc1ccc(S(=O)(=O)N2CC=C(c3ccccc3)C(=O)C2)cc1. The van der Waals surface area contributed by atoms with Gasteiger partial charge in [-0.15, -0.1) is 0 Å². The minimum atomic E-state index is -3.65. The van der Waals surface area contributed by atoms with E-state index in [0.29, 0.717) is 5.57 Å². The van der Waals surface area contributed by atoms with Gasteiger partial charge in [0.15, 0.2) is 5.78 Å². The molecule has 0 aromatic heterocycles. The van der Waals surface area contributed by atoms with Gasteiger partial charge in [-0.25, -0.2) is 8.42 Å². The molecule has 0 radical (unpaired) electrons. The number of sulfonamides is 1. The zero-order valence-corrected chi connectivity index (χ0v) is 13.6. The van der Waals surface area contributed by atoms with Crippen LogP contribution in [0.5, 0.6) is 0 Å². The zero-order valence-electron chi connectivity index (χ0n) is 12.8. The second kappa shape index (κ2) is 6.10. The number of hydrogen-bond acceptors (Lipinski definition) is 3. The molecule has 0 atom stereocenters. The summed E-state index contributed by atoms with van der Waals surface area (Å²) < 4.78 is 26.5. The number of aryl methyl sites for hydroxylation is 1. The van der Waals surface area contributed by atoms with Crippen molar-refractivity contribution >= 4 is 21.4 Å². The first-order valence-electron chi connectivity index (χ1n) is 7.34. The third-order valence-corrected chi connectivity index (χ3v) is 5.69. The highest BCUT2D eigenvalue weighted by Crippen LogP contribution is 2.24. The molecule has 0 bridgehead atoms. The van der Waals surface area contributed by atoms with Crippen LogP contribution < -0.4 is 0 Å². The highest BCUT2D eigenvalue weighted by Gasteiger charge is 2.30. The van der Waals surface area contributed by atoms with E-state index in [2.05, 4.69) is 0 Å². The maximum absolute atomic E-state index is 12.6. The predicted octanol–water partition coefficient (Wildman–Crippen LogP) is 2.65. The number of Topliss-reactive ketones (excluding diaryl/α,β-unsaturated/α-hetero) is 1. The molecule has 23 heavy (non-hydrogen) atoms. The normalized spacial score (nSPS) is 16.2. The Morgan fingerprint density at radius 2 is 1.61 bits per heavy atom. The topological polar surface area (TPSA) is 54.5 Å². The summed E-state index contributed by atoms with van der Waals surface area (Å²) in [7, 11) is -3.65. The van der Waals surface area contributed by atoms with E-state index in [-0.39, 0.29) is 23.8 Å². The largest absolute Gasteiger partial charge is 0.293 e. The van der Waals surface area contributed by atoms with Crippen LogP contribution in [-0.2, 0) is 14.8 Å². The molecular formula is C18H17NO3S. The Hall–Kier alpha value is -2.24. The van der Waals surface area contributed by atoms with Gasteiger partial charge in [0.25, 0.3) is 0 Å². The van der Waals surface area contributed by atoms with Gasteiger partial charge in [-0.3, -0.25) is 4.79 Å². The zero-order chi connectivity index (χ0) is 16.4. The minimum Gasteiger partial charge on any atom is -0.293 e. The molecule has 2 aromatic carbocycles. The standard InChI is InChI=1S/C18H17NO3S/c1-14-7-9-16(10-8-14)23(21,22)19-12-11-17(18(20)13-19)15-5-3-2-4-6-15/h2-11H,12-13H2,1H3. The van der Waals surface area contributed by atoms with Crippen LogP contribution in [-0.4, -0.2) is 31.6 Å². The highest BCUT2D eigenvalue weighted by molar-refractivity contribution is 7.89. The molecule has 0 fully saturated rings. The summed E-state index contributed by atoms with van der Waals surface area (Å²) in [5.41, 5.74) is 2.40. The average Bonchev–Trinajstić information content (AvgIpc) is 2.56. The van der Waals surface area contributed by atoms with Gasteiger partial charge in [0.2, 0.25) is 10.0 Å². The number of benzene rings is 2. The second-order valence-electron chi connectivity index (χ2n) is 5.52. The third-order valence-electron chi connectivity index (χ3n) is 3.86. The minimum absolute atomic E-state index is 0.128. The first-order chi connectivity index (χ1) is 11.0. The van der Waals surface area contributed by atoms with E-state index in [4.69, 9.17) is 0 Å². The molecule has 1 aliphatic heterocycles. The predicted molar refractivity (Wildman–Crippen MR) is 89.4 cm³/mol. The van der Waals surface area contributed by atoms with E-state index in [9.17, 15) is 13.2 Å². The summed E-state index contributed by atoms with van der Waals surface area (Å²) in [6, 6.07) is 16.0. The summed E-state index contributed by atoms with van der Waals surface area (Å²) in [6.07, 6.45) is 1.69. The molecular weight excluding hydrogens is 310 g/mol. The van der Waals surface area contributed by atoms with Crippen LogP contribution in [0, 0.1) is 6.92 Å². The highest BCUT2D eigenvalue weighted by atomic mass is 32.2. The third kappa shape index (κ3) is 3.11. The lowest BCUT2D eigenvalue weighted by Gasteiger charge is -2.25. The summed E-state index contributed by atoms with van der Waals surface area (Å²) >= 11 is 0. The van der Waals surface area contributed by atoms with E-state index in [1.807, 2.05) is 37.3 Å². The van der Waals surface area contributed by atoms with Gasteiger partial charge in [0.05, 0.1) is 11.4 Å². The molecule has 3 rings (SSSR count). The molecule has 0 unspecified atom stereocenters. The first-order valence-corrected chi connectivity index (χ1v) is 8.78. The Bertz CT molecular complexity index is 853. The van der Waals surface area contributed by atoms with Gasteiger partial charge in [0, 0.05) is 12.1 Å². The molecule has 2 aromatic rings. The lowest BCUT2D eigenvalue weighted by molar-refractivity contribution is -0.114. The van der Waals surface area contributed by atoms with Gasteiger partial charge in [-0.05, 0) is 24.6 Å². The van der Waals surface area contributed by atoms with Crippen molar-refractivity contribution in [2.24, 2.45) is 0 Å². The number of rotatable bonds is 3. The fourth-order valence-corrected chi connectivity index (χ4v) is 3.89. The molecule has 0 saturated carbocycles. The fraction of sp³-hybridized carbons (Fsp3) is 0.167. The van der Waals surface area contributed by atoms with E-state index < -0.39 is 10.0 Å². The van der Waals surface area contributed by atoms with Gasteiger partial charge < -0.3 is 0 Å². The van der Waals surface area contributed by atoms with Gasteiger partial charge in [-0.1, -0.05) is 54.1 Å². The van der Waals surface area contributed by atoms with Crippen molar-refractivity contribution in [3.63, 3.8) is 0 Å². The van der Waals surface area contributed by atoms with Crippen LogP contribution in [0.3, 0.4) is 0 Å². The van der Waals surface area contributed by atoms with E-state index in [1.165, 1.54) is 4.31 Å². The molecule has 5 heteroatoms. The van der Waals surface area contributed by atoms with E-state index >= 15 is 0 Å². The Morgan fingerprint density at radius 3 is 2.22 bits per heavy atom. The van der Waals surface area contributed by atoms with Crippen LogP contribution in [0.15, 0.2) is 65.6 Å². The smallest absolute Gasteiger partial charge is 0.243 e. The Morgan fingerprint density at radius 1 is 0.957 bits per heavy atom. The van der Waals surface area contributed by atoms with Crippen molar-refractivity contribution in [3.05, 3.63) is 71.8 Å². The van der Waals surface area contributed by atoms with Gasteiger partial charge >= 0.3 is 0 Å².